The summed E-state index contributed by atoms with van der Waals surface area (Å²) >= 11 is 0. The maximum Gasteiger partial charge on any atom is 0.389 e. The van der Waals surface area contributed by atoms with Crippen LogP contribution in [0.4, 0.5) is 13.2 Å². The zero-order valence-electron chi connectivity index (χ0n) is 14.8. The summed E-state index contributed by atoms with van der Waals surface area (Å²) in [6.07, 6.45) is -8.20. The number of hydrogen-bond donors (Lipinski definition) is 0. The Labute approximate surface area is 144 Å². The van der Waals surface area contributed by atoms with Crippen LogP contribution in [0.25, 0.3) is 0 Å². The minimum atomic E-state index is -4.27. The number of ether oxygens (including phenoxy) is 4. The molecule has 1 rings (SSSR count). The first kappa shape index (κ1) is 21.7. The monoisotopic (exact) mass is 370 g/mol. The van der Waals surface area contributed by atoms with E-state index in [1.54, 1.807) is 6.92 Å². The maximum absolute atomic E-state index is 12.2. The molecule has 0 amide bonds. The van der Waals surface area contributed by atoms with E-state index < -0.39 is 43.0 Å². The molecule has 1 fully saturated rings. The lowest BCUT2D eigenvalue weighted by Gasteiger charge is -2.43. The third-order valence-electron chi connectivity index (χ3n) is 3.90. The van der Waals surface area contributed by atoms with Crippen LogP contribution in [-0.2, 0) is 28.5 Å². The number of carbonyl (C=O) groups excluding carboxylic acids is 2. The average molecular weight is 370 g/mol. The van der Waals surface area contributed by atoms with Crippen molar-refractivity contribution in [2.24, 2.45) is 5.92 Å². The van der Waals surface area contributed by atoms with E-state index in [0.717, 1.165) is 0 Å². The van der Waals surface area contributed by atoms with Gasteiger partial charge in [-0.3, -0.25) is 9.59 Å². The second kappa shape index (κ2) is 9.38. The Kier molecular flexibility index (Phi) is 8.14. The molecule has 0 aliphatic carbocycles. The topological polar surface area (TPSA) is 71.1 Å². The lowest BCUT2D eigenvalue weighted by Crippen LogP contribution is -2.57. The Balaban J connectivity index is 2.84. The highest BCUT2D eigenvalue weighted by atomic mass is 19.4. The number of alkyl halides is 3. The van der Waals surface area contributed by atoms with Gasteiger partial charge in [-0.2, -0.15) is 13.2 Å². The Morgan fingerprint density at radius 2 is 1.64 bits per heavy atom. The summed E-state index contributed by atoms with van der Waals surface area (Å²) in [6, 6.07) is 0. The molecule has 0 aromatic carbocycles. The summed E-state index contributed by atoms with van der Waals surface area (Å²) in [4.78, 5) is 22.8. The molecule has 1 heterocycles. The Hall–Kier alpha value is -1.35. The van der Waals surface area contributed by atoms with E-state index in [9.17, 15) is 22.8 Å². The molecule has 0 radical (unpaired) electrons. The summed E-state index contributed by atoms with van der Waals surface area (Å²) in [5.41, 5.74) is 0. The fraction of sp³-hybridized carbons (Fsp3) is 0.875. The molecule has 1 aliphatic rings. The second-order valence-electron chi connectivity index (χ2n) is 6.05. The predicted octanol–water partition coefficient (Wildman–Crippen LogP) is 2.98. The van der Waals surface area contributed by atoms with Gasteiger partial charge in [0.2, 0.25) is 0 Å². The molecular formula is C16H25F3O6. The molecule has 0 bridgehead atoms. The number of rotatable bonds is 7. The van der Waals surface area contributed by atoms with Crippen molar-refractivity contribution in [3.8, 4) is 0 Å². The van der Waals surface area contributed by atoms with Crippen LogP contribution in [0, 0.1) is 5.92 Å². The van der Waals surface area contributed by atoms with Gasteiger partial charge in [-0.15, -0.1) is 0 Å². The van der Waals surface area contributed by atoms with Gasteiger partial charge in [0.05, 0.1) is 12.7 Å². The fourth-order valence-electron chi connectivity index (χ4n) is 2.79. The van der Waals surface area contributed by atoms with Gasteiger partial charge in [-0.05, 0) is 12.8 Å². The van der Waals surface area contributed by atoms with Crippen LogP contribution in [0.15, 0.2) is 0 Å². The zero-order chi connectivity index (χ0) is 19.2. The van der Waals surface area contributed by atoms with E-state index in [1.165, 1.54) is 13.8 Å². The van der Waals surface area contributed by atoms with Gasteiger partial charge >= 0.3 is 18.1 Å². The summed E-state index contributed by atoms with van der Waals surface area (Å²) in [7, 11) is 0. The molecule has 0 spiro atoms. The van der Waals surface area contributed by atoms with Crippen LogP contribution in [-0.4, -0.2) is 49.3 Å². The van der Waals surface area contributed by atoms with Crippen molar-refractivity contribution < 1.29 is 41.7 Å². The minimum absolute atomic E-state index is 0.223. The number of hydrogen-bond acceptors (Lipinski definition) is 6. The molecule has 146 valence electrons. The molecular weight excluding hydrogens is 345 g/mol. The van der Waals surface area contributed by atoms with Crippen molar-refractivity contribution in [2.45, 2.75) is 77.7 Å². The maximum atomic E-state index is 12.2. The molecule has 0 aromatic rings. The molecule has 5 atom stereocenters. The van der Waals surface area contributed by atoms with Crippen LogP contribution in [0.1, 0.15) is 47.0 Å². The van der Waals surface area contributed by atoms with Crippen LogP contribution in [0.3, 0.4) is 0 Å². The van der Waals surface area contributed by atoms with Crippen LogP contribution < -0.4 is 0 Å². The fourth-order valence-corrected chi connectivity index (χ4v) is 2.79. The highest BCUT2D eigenvalue weighted by Gasteiger charge is 2.47. The molecule has 6 nitrogen and oxygen atoms in total. The van der Waals surface area contributed by atoms with Crippen molar-refractivity contribution in [3.63, 3.8) is 0 Å². The minimum Gasteiger partial charge on any atom is -0.458 e. The first-order chi connectivity index (χ1) is 11.5. The number of carbonyl (C=O) groups is 2. The van der Waals surface area contributed by atoms with E-state index >= 15 is 0 Å². The van der Waals surface area contributed by atoms with Crippen molar-refractivity contribution in [3.05, 3.63) is 0 Å². The standard InChI is InChI=1S/C16H25F3O6/c1-5-12-9(2)13(23-10(3)20)14(24-11(4)21)15(25-12)22-8-6-7-16(17,18)19/h9,12-15H,5-8H2,1-4H3/t9-,12-,13+,14-,15+/m1/s1. The number of esters is 2. The summed E-state index contributed by atoms with van der Waals surface area (Å²) in [6.45, 7) is 5.84. The highest BCUT2D eigenvalue weighted by Crippen LogP contribution is 2.33. The van der Waals surface area contributed by atoms with Gasteiger partial charge in [0.1, 0.15) is 6.10 Å². The molecule has 9 heteroatoms. The average Bonchev–Trinajstić information content (AvgIpc) is 2.47. The van der Waals surface area contributed by atoms with E-state index in [2.05, 4.69) is 0 Å². The van der Waals surface area contributed by atoms with E-state index in [1.807, 2.05) is 6.92 Å². The van der Waals surface area contributed by atoms with Gasteiger partial charge in [0.25, 0.3) is 0 Å². The largest absolute Gasteiger partial charge is 0.458 e. The van der Waals surface area contributed by atoms with Crippen molar-refractivity contribution >= 4 is 11.9 Å². The van der Waals surface area contributed by atoms with Crippen LogP contribution in [0.2, 0.25) is 0 Å². The Bertz CT molecular complexity index is 454. The van der Waals surface area contributed by atoms with Gasteiger partial charge in [-0.25, -0.2) is 0 Å². The zero-order valence-corrected chi connectivity index (χ0v) is 14.8. The van der Waals surface area contributed by atoms with Crippen molar-refractivity contribution in [2.75, 3.05) is 6.61 Å². The second-order valence-corrected chi connectivity index (χ2v) is 6.05. The first-order valence-corrected chi connectivity index (χ1v) is 8.23. The van der Waals surface area contributed by atoms with Gasteiger partial charge < -0.3 is 18.9 Å². The van der Waals surface area contributed by atoms with Crippen molar-refractivity contribution in [1.29, 1.82) is 0 Å². The summed E-state index contributed by atoms with van der Waals surface area (Å²) < 4.78 is 58.3. The Morgan fingerprint density at radius 1 is 1.08 bits per heavy atom. The molecule has 1 aliphatic heterocycles. The number of halogens is 3. The predicted molar refractivity (Wildman–Crippen MR) is 80.5 cm³/mol. The van der Waals surface area contributed by atoms with Gasteiger partial charge in [-0.1, -0.05) is 13.8 Å². The molecule has 0 N–H and O–H groups in total. The van der Waals surface area contributed by atoms with E-state index in [-0.39, 0.29) is 25.0 Å². The molecule has 0 unspecified atom stereocenters. The normalized spacial score (nSPS) is 30.0. The van der Waals surface area contributed by atoms with Crippen LogP contribution in [0.5, 0.6) is 0 Å². The molecule has 0 aromatic heterocycles. The Morgan fingerprint density at radius 3 is 2.12 bits per heavy atom. The van der Waals surface area contributed by atoms with Crippen molar-refractivity contribution in [1.82, 2.24) is 0 Å². The molecule has 0 saturated carbocycles. The lowest BCUT2D eigenvalue weighted by molar-refractivity contribution is -0.291. The van der Waals surface area contributed by atoms with E-state index in [0.29, 0.717) is 6.42 Å². The quantitative estimate of drug-likeness (QED) is 0.507. The third kappa shape index (κ3) is 7.19. The first-order valence-electron chi connectivity index (χ1n) is 8.23. The highest BCUT2D eigenvalue weighted by molar-refractivity contribution is 5.67. The lowest BCUT2D eigenvalue weighted by atomic mass is 9.89. The van der Waals surface area contributed by atoms with Gasteiger partial charge in [0.15, 0.2) is 12.4 Å². The smallest absolute Gasteiger partial charge is 0.389 e. The van der Waals surface area contributed by atoms with Gasteiger partial charge in [0, 0.05) is 26.2 Å². The van der Waals surface area contributed by atoms with Crippen LogP contribution >= 0.6 is 0 Å². The molecule has 25 heavy (non-hydrogen) atoms. The summed E-state index contributed by atoms with van der Waals surface area (Å²) in [5, 5.41) is 0. The third-order valence-corrected chi connectivity index (χ3v) is 3.90. The molecule has 1 saturated heterocycles. The van der Waals surface area contributed by atoms with E-state index in [4.69, 9.17) is 18.9 Å². The summed E-state index contributed by atoms with van der Waals surface area (Å²) in [5.74, 6) is -1.45. The SMILES string of the molecule is CC[C@H]1O[C@H](OCCCC(F)(F)F)[C@H](OC(C)=O)[C@@H](OC(C)=O)[C@@H]1C.